The maximum Gasteiger partial charge on any atom is 0.109 e. The first-order valence-electron chi connectivity index (χ1n) is 7.32. The van der Waals surface area contributed by atoms with Gasteiger partial charge in [-0.25, -0.2) is 4.98 Å². The Morgan fingerprint density at radius 1 is 1.22 bits per heavy atom. The highest BCUT2D eigenvalue weighted by Crippen LogP contribution is 2.29. The SMILES string of the molecule is CC(NC1CCCC(C(C)C)CC1)c1nccs1. The molecule has 1 aliphatic rings. The van der Waals surface area contributed by atoms with Crippen molar-refractivity contribution in [1.82, 2.24) is 10.3 Å². The standard InChI is InChI=1S/C15H26N2S/c1-11(2)13-5-4-6-14(8-7-13)17-12(3)15-16-9-10-18-15/h9-14,17H,4-8H2,1-3H3. The van der Waals surface area contributed by atoms with Crippen LogP contribution in [0.5, 0.6) is 0 Å². The molecule has 0 aromatic carbocycles. The Labute approximate surface area is 115 Å². The summed E-state index contributed by atoms with van der Waals surface area (Å²) in [6.07, 6.45) is 8.75. The van der Waals surface area contributed by atoms with Gasteiger partial charge >= 0.3 is 0 Å². The average Bonchev–Trinajstić information content (AvgIpc) is 2.77. The van der Waals surface area contributed by atoms with Gasteiger partial charge in [-0.2, -0.15) is 0 Å². The highest BCUT2D eigenvalue weighted by Gasteiger charge is 2.22. The third kappa shape index (κ3) is 3.79. The zero-order valence-corrected chi connectivity index (χ0v) is 12.7. The van der Waals surface area contributed by atoms with Gasteiger partial charge in [-0.15, -0.1) is 11.3 Å². The van der Waals surface area contributed by atoms with E-state index in [-0.39, 0.29) is 0 Å². The minimum absolute atomic E-state index is 0.408. The van der Waals surface area contributed by atoms with Crippen LogP contribution in [0.2, 0.25) is 0 Å². The predicted octanol–water partition coefficient (Wildman–Crippen LogP) is 4.40. The van der Waals surface area contributed by atoms with Crippen LogP contribution in [0.25, 0.3) is 0 Å². The van der Waals surface area contributed by atoms with E-state index in [2.05, 4.69) is 36.5 Å². The zero-order chi connectivity index (χ0) is 13.0. The molecule has 0 radical (unpaired) electrons. The predicted molar refractivity (Wildman–Crippen MR) is 78.9 cm³/mol. The molecule has 0 saturated heterocycles. The van der Waals surface area contributed by atoms with Crippen molar-refractivity contribution in [3.05, 3.63) is 16.6 Å². The van der Waals surface area contributed by atoms with Crippen LogP contribution in [-0.2, 0) is 0 Å². The van der Waals surface area contributed by atoms with Crippen LogP contribution >= 0.6 is 11.3 Å². The number of hydrogen-bond donors (Lipinski definition) is 1. The van der Waals surface area contributed by atoms with E-state index in [0.29, 0.717) is 12.1 Å². The second kappa shape index (κ2) is 6.67. The number of aromatic nitrogens is 1. The Kier molecular flexibility index (Phi) is 5.19. The summed E-state index contributed by atoms with van der Waals surface area (Å²) in [5, 5.41) is 7.06. The molecule has 1 fully saturated rings. The second-order valence-electron chi connectivity index (χ2n) is 5.97. The van der Waals surface area contributed by atoms with Crippen LogP contribution in [0.1, 0.15) is 63.9 Å². The highest BCUT2D eigenvalue weighted by molar-refractivity contribution is 7.09. The molecule has 3 atom stereocenters. The lowest BCUT2D eigenvalue weighted by molar-refractivity contribution is 0.335. The van der Waals surface area contributed by atoms with Crippen molar-refractivity contribution in [2.75, 3.05) is 0 Å². The minimum atomic E-state index is 0.408. The molecule has 1 saturated carbocycles. The van der Waals surface area contributed by atoms with Crippen LogP contribution in [0.4, 0.5) is 0 Å². The molecule has 1 aliphatic carbocycles. The van der Waals surface area contributed by atoms with Crippen molar-refractivity contribution >= 4 is 11.3 Å². The quantitative estimate of drug-likeness (QED) is 0.817. The molecule has 1 aromatic heterocycles. The highest BCUT2D eigenvalue weighted by atomic mass is 32.1. The minimum Gasteiger partial charge on any atom is -0.305 e. The van der Waals surface area contributed by atoms with Gasteiger partial charge in [0.15, 0.2) is 0 Å². The molecule has 1 N–H and O–H groups in total. The normalized spacial score (nSPS) is 27.1. The van der Waals surface area contributed by atoms with Gasteiger partial charge in [0.25, 0.3) is 0 Å². The Hall–Kier alpha value is -0.410. The Morgan fingerprint density at radius 2 is 2.06 bits per heavy atom. The number of thiazole rings is 1. The van der Waals surface area contributed by atoms with Crippen LogP contribution < -0.4 is 5.32 Å². The Morgan fingerprint density at radius 3 is 2.72 bits per heavy atom. The molecule has 18 heavy (non-hydrogen) atoms. The van der Waals surface area contributed by atoms with E-state index in [1.807, 2.05) is 6.20 Å². The van der Waals surface area contributed by atoms with Gasteiger partial charge in [-0.1, -0.05) is 26.7 Å². The summed E-state index contributed by atoms with van der Waals surface area (Å²) in [5.74, 6) is 1.78. The van der Waals surface area contributed by atoms with E-state index in [1.165, 1.54) is 37.1 Å². The average molecular weight is 266 g/mol. The fourth-order valence-corrected chi connectivity index (χ4v) is 3.69. The lowest BCUT2D eigenvalue weighted by atomic mass is 9.89. The van der Waals surface area contributed by atoms with Gasteiger partial charge in [-0.3, -0.25) is 0 Å². The van der Waals surface area contributed by atoms with E-state index in [1.54, 1.807) is 11.3 Å². The van der Waals surface area contributed by atoms with E-state index in [4.69, 9.17) is 0 Å². The van der Waals surface area contributed by atoms with Crippen LogP contribution in [0.3, 0.4) is 0 Å². The summed E-state index contributed by atoms with van der Waals surface area (Å²) in [7, 11) is 0. The molecule has 3 unspecified atom stereocenters. The summed E-state index contributed by atoms with van der Waals surface area (Å²) in [6, 6.07) is 1.10. The fourth-order valence-electron chi connectivity index (χ4n) is 3.04. The molecule has 2 nitrogen and oxygen atoms in total. The maximum atomic E-state index is 4.40. The molecule has 1 aromatic rings. The molecule has 3 heteroatoms. The largest absolute Gasteiger partial charge is 0.305 e. The van der Waals surface area contributed by atoms with Crippen LogP contribution in [-0.4, -0.2) is 11.0 Å². The first-order chi connectivity index (χ1) is 8.66. The lowest BCUT2D eigenvalue weighted by Gasteiger charge is -2.21. The van der Waals surface area contributed by atoms with Gasteiger partial charge in [0.05, 0.1) is 6.04 Å². The molecule has 0 amide bonds. The molecule has 0 bridgehead atoms. The van der Waals surface area contributed by atoms with Gasteiger partial charge in [0.2, 0.25) is 0 Å². The van der Waals surface area contributed by atoms with Gasteiger partial charge < -0.3 is 5.32 Å². The fraction of sp³-hybridized carbons (Fsp3) is 0.800. The van der Waals surface area contributed by atoms with Crippen molar-refractivity contribution in [2.24, 2.45) is 11.8 Å². The first kappa shape index (κ1) is 14.0. The summed E-state index contributed by atoms with van der Waals surface area (Å²) >= 11 is 1.76. The van der Waals surface area contributed by atoms with Crippen molar-refractivity contribution in [2.45, 2.75) is 65.0 Å². The number of hydrogen-bond acceptors (Lipinski definition) is 3. The van der Waals surface area contributed by atoms with Gasteiger partial charge in [0.1, 0.15) is 5.01 Å². The molecule has 0 spiro atoms. The summed E-state index contributed by atoms with van der Waals surface area (Å²) in [4.78, 5) is 4.40. The summed E-state index contributed by atoms with van der Waals surface area (Å²) in [6.45, 7) is 6.98. The van der Waals surface area contributed by atoms with E-state index < -0.39 is 0 Å². The Balaban J connectivity index is 1.83. The first-order valence-corrected chi connectivity index (χ1v) is 8.20. The van der Waals surface area contributed by atoms with Gasteiger partial charge in [0, 0.05) is 17.6 Å². The maximum absolute atomic E-state index is 4.40. The van der Waals surface area contributed by atoms with Crippen molar-refractivity contribution < 1.29 is 0 Å². The van der Waals surface area contributed by atoms with E-state index >= 15 is 0 Å². The third-order valence-electron chi connectivity index (χ3n) is 4.26. The number of nitrogens with one attached hydrogen (secondary N) is 1. The van der Waals surface area contributed by atoms with Crippen molar-refractivity contribution in [3.8, 4) is 0 Å². The van der Waals surface area contributed by atoms with Gasteiger partial charge in [-0.05, 0) is 38.0 Å². The topological polar surface area (TPSA) is 24.9 Å². The third-order valence-corrected chi connectivity index (χ3v) is 5.22. The molecular formula is C15H26N2S. The molecule has 102 valence electrons. The lowest BCUT2D eigenvalue weighted by Crippen LogP contribution is -2.31. The monoisotopic (exact) mass is 266 g/mol. The van der Waals surface area contributed by atoms with E-state index in [9.17, 15) is 0 Å². The zero-order valence-electron chi connectivity index (χ0n) is 11.9. The van der Waals surface area contributed by atoms with Crippen molar-refractivity contribution in [1.29, 1.82) is 0 Å². The number of rotatable bonds is 4. The smallest absolute Gasteiger partial charge is 0.109 e. The van der Waals surface area contributed by atoms with E-state index in [0.717, 1.165) is 11.8 Å². The van der Waals surface area contributed by atoms with Crippen LogP contribution in [0.15, 0.2) is 11.6 Å². The Bertz CT molecular complexity index is 334. The number of nitrogens with zero attached hydrogens (tertiary/aromatic N) is 1. The summed E-state index contributed by atoms with van der Waals surface area (Å²) < 4.78 is 0. The molecule has 2 rings (SSSR count). The molecular weight excluding hydrogens is 240 g/mol. The van der Waals surface area contributed by atoms with Crippen molar-refractivity contribution in [3.63, 3.8) is 0 Å². The second-order valence-corrected chi connectivity index (χ2v) is 6.89. The van der Waals surface area contributed by atoms with Crippen LogP contribution in [0, 0.1) is 11.8 Å². The molecule has 0 aliphatic heterocycles. The summed E-state index contributed by atoms with van der Waals surface area (Å²) in [5.41, 5.74) is 0. The molecule has 1 heterocycles.